The third-order valence-electron chi connectivity index (χ3n) is 4.08. The maximum Gasteiger partial charge on any atom is 0.416 e. The van der Waals surface area contributed by atoms with Gasteiger partial charge in [-0.3, -0.25) is 0 Å². The summed E-state index contributed by atoms with van der Waals surface area (Å²) < 4.78 is 39.4. The third kappa shape index (κ3) is 3.72. The fraction of sp³-hybridized carbons (Fsp3) is 0.600. The molecule has 21 heavy (non-hydrogen) atoms. The molecule has 0 spiro atoms. The van der Waals surface area contributed by atoms with E-state index in [-0.39, 0.29) is 0 Å². The molecule has 1 unspecified atom stereocenters. The first-order chi connectivity index (χ1) is 9.93. The molecule has 1 heterocycles. The number of hydrogen-bond acceptors (Lipinski definition) is 2. The lowest BCUT2D eigenvalue weighted by atomic mass is 10.0. The number of halogens is 4. The van der Waals surface area contributed by atoms with E-state index in [1.807, 2.05) is 0 Å². The predicted octanol–water partition coefficient (Wildman–Crippen LogP) is 4.19. The number of nitrogens with zero attached hydrogens (tertiary/aromatic N) is 1. The topological polar surface area (TPSA) is 15.3 Å². The summed E-state index contributed by atoms with van der Waals surface area (Å²) in [4.78, 5) is 2.06. The summed E-state index contributed by atoms with van der Waals surface area (Å²) in [5, 5.41) is 3.58. The maximum absolute atomic E-state index is 12.9. The molecule has 0 radical (unpaired) electrons. The van der Waals surface area contributed by atoms with E-state index in [0.29, 0.717) is 17.8 Å². The van der Waals surface area contributed by atoms with Crippen molar-refractivity contribution in [1.82, 2.24) is 5.32 Å². The van der Waals surface area contributed by atoms with E-state index >= 15 is 0 Å². The van der Waals surface area contributed by atoms with Crippen molar-refractivity contribution in [1.29, 1.82) is 0 Å². The van der Waals surface area contributed by atoms with Crippen LogP contribution in [0.25, 0.3) is 0 Å². The van der Waals surface area contributed by atoms with Crippen LogP contribution < -0.4 is 10.2 Å². The number of piperidine rings is 1. The van der Waals surface area contributed by atoms with Crippen LogP contribution in [0.4, 0.5) is 18.9 Å². The zero-order chi connectivity index (χ0) is 15.0. The highest BCUT2D eigenvalue weighted by atomic mass is 79.9. The van der Waals surface area contributed by atoms with Crippen molar-refractivity contribution in [3.8, 4) is 0 Å². The van der Waals surface area contributed by atoms with Gasteiger partial charge in [-0.15, -0.1) is 0 Å². The van der Waals surface area contributed by atoms with Crippen LogP contribution in [0.1, 0.15) is 31.2 Å². The van der Waals surface area contributed by atoms with E-state index in [0.717, 1.165) is 36.5 Å². The highest BCUT2D eigenvalue weighted by Crippen LogP contribution is 2.36. The fourth-order valence-corrected chi connectivity index (χ4v) is 3.34. The summed E-state index contributed by atoms with van der Waals surface area (Å²) in [7, 11) is 0. The molecule has 1 N–H and O–H groups in total. The lowest BCUT2D eigenvalue weighted by Crippen LogP contribution is -2.46. The van der Waals surface area contributed by atoms with Crippen LogP contribution in [0.3, 0.4) is 0 Å². The van der Waals surface area contributed by atoms with E-state index in [1.165, 1.54) is 25.0 Å². The third-order valence-corrected chi connectivity index (χ3v) is 4.75. The first-order valence-electron chi connectivity index (χ1n) is 7.31. The molecule has 1 aliphatic carbocycles. The monoisotopic (exact) mass is 362 g/mol. The molecule has 1 aromatic carbocycles. The minimum Gasteiger partial charge on any atom is -0.369 e. The van der Waals surface area contributed by atoms with Gasteiger partial charge in [0.25, 0.3) is 0 Å². The van der Waals surface area contributed by atoms with Gasteiger partial charge in [-0.1, -0.05) is 0 Å². The fourth-order valence-electron chi connectivity index (χ4n) is 2.85. The molecule has 3 rings (SSSR count). The molecule has 0 amide bonds. The van der Waals surface area contributed by atoms with E-state index in [2.05, 4.69) is 26.1 Å². The molecule has 0 bridgehead atoms. The molecule has 1 saturated heterocycles. The van der Waals surface area contributed by atoms with Crippen molar-refractivity contribution in [2.24, 2.45) is 0 Å². The van der Waals surface area contributed by atoms with Crippen LogP contribution in [-0.2, 0) is 6.18 Å². The number of anilines is 1. The van der Waals surface area contributed by atoms with Gasteiger partial charge in [-0.05, 0) is 59.8 Å². The Labute approximate surface area is 130 Å². The molecule has 2 aliphatic rings. The van der Waals surface area contributed by atoms with Gasteiger partial charge in [0.15, 0.2) is 0 Å². The second kappa shape index (κ2) is 5.80. The van der Waals surface area contributed by atoms with Crippen molar-refractivity contribution in [3.05, 3.63) is 28.2 Å². The molecule has 1 atom stereocenters. The van der Waals surface area contributed by atoms with Gasteiger partial charge in [0.2, 0.25) is 0 Å². The average Bonchev–Trinajstić information content (AvgIpc) is 3.22. The smallest absolute Gasteiger partial charge is 0.369 e. The summed E-state index contributed by atoms with van der Waals surface area (Å²) in [5.41, 5.74) is 0.0603. The molecule has 6 heteroatoms. The highest BCUT2D eigenvalue weighted by molar-refractivity contribution is 9.10. The number of rotatable bonds is 3. The zero-order valence-corrected chi connectivity index (χ0v) is 13.2. The normalized spacial score (nSPS) is 23.4. The standard InChI is InChI=1S/C15H18BrF3N2/c16-13-6-3-10(15(17,18)19)8-14(13)21-7-1-2-12(9-21)20-11-4-5-11/h3,6,8,11-12,20H,1-2,4-5,7,9H2. The second-order valence-electron chi connectivity index (χ2n) is 5.89. The minimum absolute atomic E-state index is 0.382. The van der Waals surface area contributed by atoms with Gasteiger partial charge in [0.05, 0.1) is 11.3 Å². The Morgan fingerprint density at radius 3 is 2.57 bits per heavy atom. The molecule has 1 aromatic rings. The van der Waals surface area contributed by atoms with Crippen molar-refractivity contribution in [3.63, 3.8) is 0 Å². The van der Waals surface area contributed by atoms with Gasteiger partial charge in [0, 0.05) is 29.6 Å². The Bertz CT molecular complexity index is 514. The van der Waals surface area contributed by atoms with Crippen LogP contribution in [0.2, 0.25) is 0 Å². The lowest BCUT2D eigenvalue weighted by Gasteiger charge is -2.35. The summed E-state index contributed by atoms with van der Waals surface area (Å²) in [6.45, 7) is 1.58. The molecule has 0 aromatic heterocycles. The maximum atomic E-state index is 12.9. The average molecular weight is 363 g/mol. The Hall–Kier alpha value is -0.750. The number of alkyl halides is 3. The van der Waals surface area contributed by atoms with E-state index in [1.54, 1.807) is 0 Å². The Morgan fingerprint density at radius 1 is 1.14 bits per heavy atom. The van der Waals surface area contributed by atoms with Crippen LogP contribution in [-0.4, -0.2) is 25.2 Å². The van der Waals surface area contributed by atoms with Crippen molar-refractivity contribution < 1.29 is 13.2 Å². The molecule has 116 valence electrons. The van der Waals surface area contributed by atoms with Crippen LogP contribution in [0.5, 0.6) is 0 Å². The second-order valence-corrected chi connectivity index (χ2v) is 6.74. The number of nitrogens with one attached hydrogen (secondary N) is 1. The van der Waals surface area contributed by atoms with Crippen molar-refractivity contribution in [2.75, 3.05) is 18.0 Å². The quantitative estimate of drug-likeness (QED) is 0.867. The molecule has 1 aliphatic heterocycles. The van der Waals surface area contributed by atoms with Gasteiger partial charge in [-0.2, -0.15) is 13.2 Å². The van der Waals surface area contributed by atoms with E-state index < -0.39 is 11.7 Å². The highest BCUT2D eigenvalue weighted by Gasteiger charge is 2.32. The van der Waals surface area contributed by atoms with E-state index in [4.69, 9.17) is 0 Å². The molecule has 1 saturated carbocycles. The molecular formula is C15H18BrF3N2. The Kier molecular flexibility index (Phi) is 4.19. The Balaban J connectivity index is 1.78. The molecule has 2 nitrogen and oxygen atoms in total. The first kappa shape index (κ1) is 15.2. The van der Waals surface area contributed by atoms with Gasteiger partial charge in [-0.25, -0.2) is 0 Å². The molecular weight excluding hydrogens is 345 g/mol. The summed E-state index contributed by atoms with van der Waals surface area (Å²) in [6, 6.07) is 4.88. The first-order valence-corrected chi connectivity index (χ1v) is 8.10. The number of benzene rings is 1. The predicted molar refractivity (Wildman–Crippen MR) is 80.5 cm³/mol. The summed E-state index contributed by atoms with van der Waals surface area (Å²) in [5.74, 6) is 0. The van der Waals surface area contributed by atoms with Gasteiger partial charge < -0.3 is 10.2 Å². The summed E-state index contributed by atoms with van der Waals surface area (Å²) >= 11 is 3.39. The van der Waals surface area contributed by atoms with E-state index in [9.17, 15) is 13.2 Å². The van der Waals surface area contributed by atoms with Crippen LogP contribution >= 0.6 is 15.9 Å². The summed E-state index contributed by atoms with van der Waals surface area (Å²) in [6.07, 6.45) is 0.265. The van der Waals surface area contributed by atoms with Gasteiger partial charge >= 0.3 is 6.18 Å². The van der Waals surface area contributed by atoms with Crippen LogP contribution in [0.15, 0.2) is 22.7 Å². The van der Waals surface area contributed by atoms with Crippen LogP contribution in [0, 0.1) is 0 Å². The molecule has 2 fully saturated rings. The van der Waals surface area contributed by atoms with Crippen molar-refractivity contribution >= 4 is 21.6 Å². The SMILES string of the molecule is FC(F)(F)c1ccc(Br)c(N2CCCC(NC3CC3)C2)c1. The minimum atomic E-state index is -4.29. The van der Waals surface area contributed by atoms with Crippen molar-refractivity contribution in [2.45, 2.75) is 43.9 Å². The zero-order valence-electron chi connectivity index (χ0n) is 11.6. The lowest BCUT2D eigenvalue weighted by molar-refractivity contribution is -0.137. The number of hydrogen-bond donors (Lipinski definition) is 1. The van der Waals surface area contributed by atoms with Gasteiger partial charge in [0.1, 0.15) is 0 Å². The Morgan fingerprint density at radius 2 is 1.90 bits per heavy atom. The largest absolute Gasteiger partial charge is 0.416 e.